The van der Waals surface area contributed by atoms with Gasteiger partial charge in [0.1, 0.15) is 5.75 Å². The predicted octanol–water partition coefficient (Wildman–Crippen LogP) is 3.18. The summed E-state index contributed by atoms with van der Waals surface area (Å²) in [5.41, 5.74) is 2.84. The van der Waals surface area contributed by atoms with E-state index in [0.29, 0.717) is 5.75 Å². The van der Waals surface area contributed by atoms with Crippen LogP contribution in [0.3, 0.4) is 0 Å². The van der Waals surface area contributed by atoms with Gasteiger partial charge in [-0.1, -0.05) is 42.0 Å². The van der Waals surface area contributed by atoms with Gasteiger partial charge in [-0.3, -0.25) is 4.55 Å². The molecule has 17 heavy (non-hydrogen) atoms. The lowest BCUT2D eigenvalue weighted by Gasteiger charge is -2.09. The molecule has 1 N–H and O–H groups in total. The Morgan fingerprint density at radius 2 is 1.82 bits per heavy atom. The van der Waals surface area contributed by atoms with Crippen molar-refractivity contribution >= 4 is 11.4 Å². The van der Waals surface area contributed by atoms with E-state index in [4.69, 9.17) is 8.74 Å². The normalized spacial score (nSPS) is 12.1. The van der Waals surface area contributed by atoms with Gasteiger partial charge in [0.15, 0.2) is 0 Å². The molecule has 0 aromatic heterocycles. The third-order valence-corrected chi connectivity index (χ3v) is 2.70. The highest BCUT2D eigenvalue weighted by atomic mass is 32.2. The summed E-state index contributed by atoms with van der Waals surface area (Å²) in [5.74, 6) is 0.405. The molecule has 0 fully saturated rings. The summed E-state index contributed by atoms with van der Waals surface area (Å²) in [6.07, 6.45) is 0. The number of aryl methyl sites for hydroxylation is 1. The van der Waals surface area contributed by atoms with E-state index in [-0.39, 0.29) is 0 Å². The molecular formula is C13H12O3S. The van der Waals surface area contributed by atoms with Gasteiger partial charge in [-0.05, 0) is 24.6 Å². The first kappa shape index (κ1) is 11.8. The van der Waals surface area contributed by atoms with E-state index in [1.165, 1.54) is 0 Å². The van der Waals surface area contributed by atoms with Crippen molar-refractivity contribution in [3.05, 3.63) is 54.1 Å². The first-order valence-electron chi connectivity index (χ1n) is 5.12. The van der Waals surface area contributed by atoms with Crippen LogP contribution in [0.5, 0.6) is 5.75 Å². The van der Waals surface area contributed by atoms with Crippen molar-refractivity contribution in [1.82, 2.24) is 0 Å². The van der Waals surface area contributed by atoms with Gasteiger partial charge in [0.05, 0.1) is 0 Å². The minimum Gasteiger partial charge on any atom is -0.379 e. The van der Waals surface area contributed by atoms with Gasteiger partial charge in [0.2, 0.25) is 0 Å². The van der Waals surface area contributed by atoms with Crippen LogP contribution >= 0.6 is 0 Å². The summed E-state index contributed by atoms with van der Waals surface area (Å²) < 4.78 is 24.4. The summed E-state index contributed by atoms with van der Waals surface area (Å²) >= 11 is -2.31. The molecule has 3 nitrogen and oxygen atoms in total. The van der Waals surface area contributed by atoms with Crippen molar-refractivity contribution in [3.8, 4) is 16.9 Å². The molecule has 0 aliphatic heterocycles. The molecule has 0 amide bonds. The lowest BCUT2D eigenvalue weighted by Crippen LogP contribution is -1.99. The fourth-order valence-electron chi connectivity index (χ4n) is 1.64. The van der Waals surface area contributed by atoms with E-state index < -0.39 is 11.4 Å². The Morgan fingerprint density at radius 3 is 2.47 bits per heavy atom. The Kier molecular flexibility index (Phi) is 3.56. The topological polar surface area (TPSA) is 46.5 Å². The lowest BCUT2D eigenvalue weighted by atomic mass is 10.0. The zero-order chi connectivity index (χ0) is 12.3. The Hall–Kier alpha value is -1.65. The molecule has 0 spiro atoms. The third kappa shape index (κ3) is 2.93. The smallest absolute Gasteiger partial charge is 0.357 e. The molecule has 0 radical (unpaired) electrons. The summed E-state index contributed by atoms with van der Waals surface area (Å²) in [6, 6.07) is 15.1. The molecule has 2 rings (SSSR count). The monoisotopic (exact) mass is 248 g/mol. The third-order valence-electron chi connectivity index (χ3n) is 2.38. The summed E-state index contributed by atoms with van der Waals surface area (Å²) in [5, 5.41) is 0. The molecule has 4 heteroatoms. The van der Waals surface area contributed by atoms with Crippen LogP contribution in [0.25, 0.3) is 11.1 Å². The van der Waals surface area contributed by atoms with Crippen LogP contribution in [0, 0.1) is 6.92 Å². The summed E-state index contributed by atoms with van der Waals surface area (Å²) in [6.45, 7) is 1.96. The summed E-state index contributed by atoms with van der Waals surface area (Å²) in [7, 11) is 0. The van der Waals surface area contributed by atoms with E-state index in [0.717, 1.165) is 16.7 Å². The van der Waals surface area contributed by atoms with E-state index >= 15 is 0 Å². The highest BCUT2D eigenvalue weighted by molar-refractivity contribution is 7.74. The maximum absolute atomic E-state index is 10.7. The average molecular weight is 248 g/mol. The lowest BCUT2D eigenvalue weighted by molar-refractivity contribution is 0.458. The second-order valence-electron chi connectivity index (χ2n) is 3.67. The van der Waals surface area contributed by atoms with Crippen LogP contribution in [-0.2, 0) is 11.4 Å². The zero-order valence-corrected chi connectivity index (χ0v) is 10.1. The molecule has 2 aromatic rings. The van der Waals surface area contributed by atoms with Crippen LogP contribution in [0.2, 0.25) is 0 Å². The maximum atomic E-state index is 10.7. The van der Waals surface area contributed by atoms with Crippen molar-refractivity contribution in [2.75, 3.05) is 0 Å². The molecule has 0 aliphatic carbocycles. The van der Waals surface area contributed by atoms with Gasteiger partial charge in [-0.25, -0.2) is 0 Å². The van der Waals surface area contributed by atoms with Crippen molar-refractivity contribution in [2.24, 2.45) is 0 Å². The second-order valence-corrected chi connectivity index (χ2v) is 4.27. The van der Waals surface area contributed by atoms with Gasteiger partial charge in [0, 0.05) is 5.56 Å². The van der Waals surface area contributed by atoms with Gasteiger partial charge in [-0.2, -0.15) is 4.21 Å². The van der Waals surface area contributed by atoms with Crippen molar-refractivity contribution in [3.63, 3.8) is 0 Å². The van der Waals surface area contributed by atoms with Gasteiger partial charge in [-0.15, -0.1) is 0 Å². The largest absolute Gasteiger partial charge is 0.379 e. The van der Waals surface area contributed by atoms with E-state index in [9.17, 15) is 4.21 Å². The summed E-state index contributed by atoms with van der Waals surface area (Å²) in [4.78, 5) is 0. The quantitative estimate of drug-likeness (QED) is 0.848. The van der Waals surface area contributed by atoms with Crippen LogP contribution in [0.4, 0.5) is 0 Å². The standard InChI is InChI=1S/C13H12O3S/c1-10-7-8-13(16-17(14)15)12(9-10)11-5-3-2-4-6-11/h2-9H,1H3,(H,14,15). The molecule has 1 atom stereocenters. The van der Waals surface area contributed by atoms with Crippen molar-refractivity contribution in [2.45, 2.75) is 6.92 Å². The van der Waals surface area contributed by atoms with Gasteiger partial charge < -0.3 is 4.18 Å². The SMILES string of the molecule is Cc1ccc(OS(=O)O)c(-c2ccccc2)c1. The highest BCUT2D eigenvalue weighted by Crippen LogP contribution is 2.31. The van der Waals surface area contributed by atoms with Crippen LogP contribution < -0.4 is 4.18 Å². The molecule has 2 aromatic carbocycles. The van der Waals surface area contributed by atoms with E-state index in [1.807, 2.05) is 49.4 Å². The molecule has 0 saturated heterocycles. The minimum atomic E-state index is -2.31. The average Bonchev–Trinajstić information content (AvgIpc) is 2.32. The Bertz CT molecular complexity index is 538. The molecule has 0 bridgehead atoms. The molecule has 0 aliphatic rings. The first-order valence-corrected chi connectivity index (χ1v) is 6.15. The van der Waals surface area contributed by atoms with E-state index in [1.54, 1.807) is 6.07 Å². The van der Waals surface area contributed by atoms with Crippen molar-refractivity contribution in [1.29, 1.82) is 0 Å². The number of hydrogen-bond donors (Lipinski definition) is 1. The fourth-order valence-corrected chi connectivity index (χ4v) is 1.94. The number of hydrogen-bond acceptors (Lipinski definition) is 2. The molecule has 0 saturated carbocycles. The maximum Gasteiger partial charge on any atom is 0.357 e. The van der Waals surface area contributed by atoms with Crippen LogP contribution in [-0.4, -0.2) is 8.76 Å². The molecule has 0 heterocycles. The molecule has 1 unspecified atom stereocenters. The zero-order valence-electron chi connectivity index (χ0n) is 9.29. The Morgan fingerprint density at radius 1 is 1.12 bits per heavy atom. The molecule has 88 valence electrons. The van der Waals surface area contributed by atoms with Gasteiger partial charge in [0.25, 0.3) is 0 Å². The van der Waals surface area contributed by atoms with Crippen molar-refractivity contribution < 1.29 is 12.9 Å². The Labute approximate surface area is 103 Å². The minimum absolute atomic E-state index is 0.405. The van der Waals surface area contributed by atoms with E-state index in [2.05, 4.69) is 0 Å². The molecular weight excluding hydrogens is 236 g/mol. The predicted molar refractivity (Wildman–Crippen MR) is 68.0 cm³/mol. The Balaban J connectivity index is 2.51. The number of rotatable bonds is 3. The fraction of sp³-hybridized carbons (Fsp3) is 0.0769. The highest BCUT2D eigenvalue weighted by Gasteiger charge is 2.08. The van der Waals surface area contributed by atoms with Gasteiger partial charge >= 0.3 is 11.4 Å². The van der Waals surface area contributed by atoms with Crippen LogP contribution in [0.15, 0.2) is 48.5 Å². The number of benzene rings is 2. The second kappa shape index (κ2) is 5.12. The first-order chi connectivity index (χ1) is 8.16. The van der Waals surface area contributed by atoms with Crippen LogP contribution in [0.1, 0.15) is 5.56 Å².